The van der Waals surface area contributed by atoms with Gasteiger partial charge in [0.25, 0.3) is 0 Å². The highest BCUT2D eigenvalue weighted by Gasteiger charge is 2.15. The third-order valence-corrected chi connectivity index (χ3v) is 3.21. The van der Waals surface area contributed by atoms with Crippen molar-refractivity contribution in [3.05, 3.63) is 24.2 Å². The lowest BCUT2D eigenvalue weighted by molar-refractivity contribution is 0.122. The van der Waals surface area contributed by atoms with E-state index in [-0.39, 0.29) is 5.95 Å². The lowest BCUT2D eigenvalue weighted by Gasteiger charge is -2.26. The van der Waals surface area contributed by atoms with E-state index in [0.717, 1.165) is 30.0 Å². The summed E-state index contributed by atoms with van der Waals surface area (Å²) in [4.78, 5) is 19.2. The molecule has 104 valence electrons. The van der Waals surface area contributed by atoms with Crippen LogP contribution in [0, 0.1) is 6.92 Å². The second-order valence-corrected chi connectivity index (χ2v) is 4.57. The Balaban J connectivity index is 1.94. The zero-order chi connectivity index (χ0) is 13.9. The first kappa shape index (κ1) is 12.7. The third kappa shape index (κ3) is 2.53. The van der Waals surface area contributed by atoms with Gasteiger partial charge in [0.05, 0.1) is 24.6 Å². The van der Waals surface area contributed by atoms with E-state index >= 15 is 0 Å². The number of hydrogen-bond donors (Lipinski definition) is 1. The summed E-state index contributed by atoms with van der Waals surface area (Å²) in [6.45, 7) is 4.92. The summed E-state index contributed by atoms with van der Waals surface area (Å²) >= 11 is 0. The predicted octanol–water partition coefficient (Wildman–Crippen LogP) is 0.661. The fraction of sp³-hybridized carbons (Fsp3) is 0.385. The van der Waals surface area contributed by atoms with Crippen molar-refractivity contribution in [1.29, 1.82) is 0 Å². The number of nitrogens with two attached hydrogens (primary N) is 1. The summed E-state index contributed by atoms with van der Waals surface area (Å²) in [5, 5.41) is 0. The van der Waals surface area contributed by atoms with E-state index in [2.05, 4.69) is 24.8 Å². The minimum atomic E-state index is 0.272. The molecule has 7 heteroatoms. The molecule has 2 N–H and O–H groups in total. The predicted molar refractivity (Wildman–Crippen MR) is 75.2 cm³/mol. The molecule has 0 aromatic carbocycles. The lowest BCUT2D eigenvalue weighted by atomic mass is 10.2. The highest BCUT2D eigenvalue weighted by molar-refractivity contribution is 5.62. The highest BCUT2D eigenvalue weighted by Crippen LogP contribution is 2.21. The number of morpholine rings is 1. The van der Waals surface area contributed by atoms with Crippen LogP contribution in [0.2, 0.25) is 0 Å². The standard InChI is InChI=1S/C13H16N6O/c1-9-10(8-16-12(14)17-9)11-2-3-15-13(18-11)19-4-6-20-7-5-19/h2-3,8H,4-7H2,1H3,(H2,14,16,17). The Labute approximate surface area is 116 Å². The zero-order valence-corrected chi connectivity index (χ0v) is 11.3. The second kappa shape index (κ2) is 5.38. The SMILES string of the molecule is Cc1nc(N)ncc1-c1ccnc(N2CCOCC2)n1. The van der Waals surface area contributed by atoms with Gasteiger partial charge in [-0.15, -0.1) is 0 Å². The minimum Gasteiger partial charge on any atom is -0.378 e. The Hall–Kier alpha value is -2.28. The molecule has 0 unspecified atom stereocenters. The number of nitrogen functional groups attached to an aromatic ring is 1. The van der Waals surface area contributed by atoms with Crippen LogP contribution >= 0.6 is 0 Å². The number of anilines is 2. The normalized spacial score (nSPS) is 15.3. The van der Waals surface area contributed by atoms with E-state index in [0.29, 0.717) is 19.2 Å². The van der Waals surface area contributed by atoms with E-state index in [1.165, 1.54) is 0 Å². The van der Waals surface area contributed by atoms with E-state index < -0.39 is 0 Å². The molecule has 2 aromatic heterocycles. The molecule has 1 saturated heterocycles. The van der Waals surface area contributed by atoms with Gasteiger partial charge in [-0.1, -0.05) is 0 Å². The van der Waals surface area contributed by atoms with Crippen molar-refractivity contribution in [2.45, 2.75) is 6.92 Å². The van der Waals surface area contributed by atoms with Crippen LogP contribution in [0.5, 0.6) is 0 Å². The average Bonchev–Trinajstić information content (AvgIpc) is 2.48. The summed E-state index contributed by atoms with van der Waals surface area (Å²) in [5.74, 6) is 0.982. The van der Waals surface area contributed by atoms with Crippen LogP contribution in [-0.2, 0) is 4.74 Å². The lowest BCUT2D eigenvalue weighted by Crippen LogP contribution is -2.37. The third-order valence-electron chi connectivity index (χ3n) is 3.21. The largest absolute Gasteiger partial charge is 0.378 e. The molecule has 1 fully saturated rings. The Bertz CT molecular complexity index is 612. The molecule has 2 aromatic rings. The van der Waals surface area contributed by atoms with Gasteiger partial charge >= 0.3 is 0 Å². The molecule has 0 bridgehead atoms. The van der Waals surface area contributed by atoms with Crippen molar-refractivity contribution >= 4 is 11.9 Å². The van der Waals surface area contributed by atoms with E-state index in [1.54, 1.807) is 12.4 Å². The molecule has 0 spiro atoms. The van der Waals surface area contributed by atoms with Gasteiger partial charge in [0.1, 0.15) is 0 Å². The molecule has 1 aliphatic heterocycles. The molecule has 0 radical (unpaired) electrons. The van der Waals surface area contributed by atoms with Crippen LogP contribution in [0.1, 0.15) is 5.69 Å². The average molecular weight is 272 g/mol. The van der Waals surface area contributed by atoms with Crippen molar-refractivity contribution in [2.75, 3.05) is 36.9 Å². The molecule has 0 amide bonds. The van der Waals surface area contributed by atoms with Crippen LogP contribution in [0.3, 0.4) is 0 Å². The van der Waals surface area contributed by atoms with Crippen molar-refractivity contribution in [3.8, 4) is 11.3 Å². The fourth-order valence-electron chi connectivity index (χ4n) is 2.15. The smallest absolute Gasteiger partial charge is 0.226 e. The molecule has 0 saturated carbocycles. The van der Waals surface area contributed by atoms with Gasteiger partial charge in [0, 0.05) is 31.0 Å². The minimum absolute atomic E-state index is 0.272. The van der Waals surface area contributed by atoms with Crippen LogP contribution < -0.4 is 10.6 Å². The Morgan fingerprint density at radius 2 is 2.00 bits per heavy atom. The fourth-order valence-corrected chi connectivity index (χ4v) is 2.15. The number of aryl methyl sites for hydroxylation is 1. The first-order valence-electron chi connectivity index (χ1n) is 6.49. The Morgan fingerprint density at radius 1 is 1.20 bits per heavy atom. The topological polar surface area (TPSA) is 90.0 Å². The van der Waals surface area contributed by atoms with Gasteiger partial charge < -0.3 is 15.4 Å². The van der Waals surface area contributed by atoms with Gasteiger partial charge in [0.2, 0.25) is 11.9 Å². The Kier molecular flexibility index (Phi) is 3.42. The number of aromatic nitrogens is 4. The van der Waals surface area contributed by atoms with Crippen LogP contribution in [0.25, 0.3) is 11.3 Å². The van der Waals surface area contributed by atoms with Gasteiger partial charge in [-0.2, -0.15) is 0 Å². The summed E-state index contributed by atoms with van der Waals surface area (Å²) in [5.41, 5.74) is 8.06. The molecule has 3 rings (SSSR count). The molecule has 1 aliphatic rings. The first-order valence-corrected chi connectivity index (χ1v) is 6.49. The molecule has 20 heavy (non-hydrogen) atoms. The van der Waals surface area contributed by atoms with E-state index in [4.69, 9.17) is 10.5 Å². The van der Waals surface area contributed by atoms with Crippen LogP contribution in [0.4, 0.5) is 11.9 Å². The maximum absolute atomic E-state index is 5.58. The van der Waals surface area contributed by atoms with Gasteiger partial charge in [0.15, 0.2) is 0 Å². The van der Waals surface area contributed by atoms with E-state index in [1.807, 2.05) is 13.0 Å². The summed E-state index contributed by atoms with van der Waals surface area (Å²) < 4.78 is 5.34. The Morgan fingerprint density at radius 3 is 2.75 bits per heavy atom. The number of nitrogens with zero attached hydrogens (tertiary/aromatic N) is 5. The van der Waals surface area contributed by atoms with Crippen molar-refractivity contribution < 1.29 is 4.74 Å². The maximum atomic E-state index is 5.58. The molecular weight excluding hydrogens is 256 g/mol. The quantitative estimate of drug-likeness (QED) is 0.858. The molecular formula is C13H16N6O. The maximum Gasteiger partial charge on any atom is 0.226 e. The summed E-state index contributed by atoms with van der Waals surface area (Å²) in [6.07, 6.45) is 3.45. The summed E-state index contributed by atoms with van der Waals surface area (Å²) in [7, 11) is 0. The molecule has 0 aliphatic carbocycles. The number of ether oxygens (including phenoxy) is 1. The van der Waals surface area contributed by atoms with Gasteiger partial charge in [-0.3, -0.25) is 0 Å². The molecule has 0 atom stereocenters. The monoisotopic (exact) mass is 272 g/mol. The van der Waals surface area contributed by atoms with Crippen LogP contribution in [-0.4, -0.2) is 46.2 Å². The number of rotatable bonds is 2. The highest BCUT2D eigenvalue weighted by atomic mass is 16.5. The van der Waals surface area contributed by atoms with Gasteiger partial charge in [-0.25, -0.2) is 19.9 Å². The number of hydrogen-bond acceptors (Lipinski definition) is 7. The van der Waals surface area contributed by atoms with Crippen molar-refractivity contribution in [3.63, 3.8) is 0 Å². The second-order valence-electron chi connectivity index (χ2n) is 4.57. The first-order chi connectivity index (χ1) is 9.74. The van der Waals surface area contributed by atoms with Crippen molar-refractivity contribution in [2.24, 2.45) is 0 Å². The van der Waals surface area contributed by atoms with Gasteiger partial charge in [-0.05, 0) is 13.0 Å². The zero-order valence-electron chi connectivity index (χ0n) is 11.3. The van der Waals surface area contributed by atoms with Crippen molar-refractivity contribution in [1.82, 2.24) is 19.9 Å². The summed E-state index contributed by atoms with van der Waals surface area (Å²) in [6, 6.07) is 1.85. The molecule has 7 nitrogen and oxygen atoms in total. The van der Waals surface area contributed by atoms with E-state index in [9.17, 15) is 0 Å². The molecule has 3 heterocycles. The van der Waals surface area contributed by atoms with Crippen LogP contribution in [0.15, 0.2) is 18.5 Å².